The molecule has 1 N–H and O–H groups in total. The van der Waals surface area contributed by atoms with E-state index in [-0.39, 0.29) is 17.0 Å². The molecule has 1 aromatic rings. The fraction of sp³-hybridized carbons (Fsp3) is 0.467. The molecular formula is C15H16N2O2. The monoisotopic (exact) mass is 256 g/mol. The highest BCUT2D eigenvalue weighted by Crippen LogP contribution is 2.68. The van der Waals surface area contributed by atoms with Crippen molar-refractivity contribution in [2.45, 2.75) is 37.8 Å². The first-order valence-electron chi connectivity index (χ1n) is 6.51. The number of alkyl carbamates (subject to hydrolysis) is 1. The molecule has 1 aromatic carbocycles. The first-order valence-corrected chi connectivity index (χ1v) is 6.51. The summed E-state index contributed by atoms with van der Waals surface area (Å²) in [5, 5.41) is 11.6. The Hall–Kier alpha value is -2.02. The molecule has 0 heterocycles. The van der Waals surface area contributed by atoms with Crippen LogP contribution in [0.2, 0.25) is 0 Å². The molecule has 19 heavy (non-hydrogen) atoms. The molecule has 3 fully saturated rings. The van der Waals surface area contributed by atoms with Crippen LogP contribution in [0.5, 0.6) is 0 Å². The van der Waals surface area contributed by atoms with Crippen LogP contribution >= 0.6 is 0 Å². The van der Waals surface area contributed by atoms with Gasteiger partial charge in [-0.05, 0) is 30.2 Å². The summed E-state index contributed by atoms with van der Waals surface area (Å²) in [6.45, 7) is 0.298. The number of amides is 1. The van der Waals surface area contributed by atoms with E-state index in [0.717, 1.165) is 24.8 Å². The van der Waals surface area contributed by atoms with Gasteiger partial charge >= 0.3 is 6.09 Å². The maximum Gasteiger partial charge on any atom is 0.407 e. The van der Waals surface area contributed by atoms with Gasteiger partial charge in [-0.3, -0.25) is 0 Å². The predicted octanol–water partition coefficient (Wildman–Crippen LogP) is 2.75. The van der Waals surface area contributed by atoms with E-state index >= 15 is 0 Å². The molecule has 0 saturated heterocycles. The van der Waals surface area contributed by atoms with Crippen LogP contribution in [-0.4, -0.2) is 11.6 Å². The van der Waals surface area contributed by atoms with E-state index in [4.69, 9.17) is 10.00 Å². The Bertz CT molecular complexity index is 513. The summed E-state index contributed by atoms with van der Waals surface area (Å²) >= 11 is 0. The van der Waals surface area contributed by atoms with Crippen LogP contribution in [0, 0.1) is 16.7 Å². The van der Waals surface area contributed by atoms with Gasteiger partial charge in [0.1, 0.15) is 6.61 Å². The van der Waals surface area contributed by atoms with Crippen molar-refractivity contribution in [1.29, 1.82) is 5.26 Å². The second-order valence-electron chi connectivity index (χ2n) is 5.83. The van der Waals surface area contributed by atoms with Crippen molar-refractivity contribution in [3.63, 3.8) is 0 Å². The molecule has 3 aliphatic carbocycles. The Morgan fingerprint density at radius 1 is 1.32 bits per heavy atom. The second-order valence-corrected chi connectivity index (χ2v) is 5.83. The SMILES string of the molecule is N#CCC12CC(NC(=O)OCc3ccccc3)(C1)C2. The molecule has 4 heteroatoms. The van der Waals surface area contributed by atoms with Crippen molar-refractivity contribution in [2.24, 2.45) is 5.41 Å². The van der Waals surface area contributed by atoms with Crippen molar-refractivity contribution in [3.8, 4) is 6.07 Å². The molecule has 0 aliphatic heterocycles. The summed E-state index contributed by atoms with van der Waals surface area (Å²) < 4.78 is 5.20. The van der Waals surface area contributed by atoms with E-state index in [0.29, 0.717) is 13.0 Å². The van der Waals surface area contributed by atoms with Crippen LogP contribution in [0.15, 0.2) is 30.3 Å². The van der Waals surface area contributed by atoms with E-state index < -0.39 is 0 Å². The Balaban J connectivity index is 1.43. The van der Waals surface area contributed by atoms with Crippen LogP contribution in [0.25, 0.3) is 0 Å². The van der Waals surface area contributed by atoms with Gasteiger partial charge in [-0.15, -0.1) is 0 Å². The van der Waals surface area contributed by atoms with Gasteiger partial charge in [0, 0.05) is 12.0 Å². The van der Waals surface area contributed by atoms with E-state index in [1.165, 1.54) is 0 Å². The first-order chi connectivity index (χ1) is 9.15. The molecule has 0 atom stereocenters. The average molecular weight is 256 g/mol. The molecule has 98 valence electrons. The molecule has 0 aromatic heterocycles. The number of carbonyl (C=O) groups is 1. The highest BCUT2D eigenvalue weighted by atomic mass is 16.5. The number of hydrogen-bond acceptors (Lipinski definition) is 3. The lowest BCUT2D eigenvalue weighted by molar-refractivity contribution is -0.146. The normalized spacial score (nSPS) is 30.5. The van der Waals surface area contributed by atoms with Gasteiger partial charge in [0.05, 0.1) is 6.07 Å². The van der Waals surface area contributed by atoms with Gasteiger partial charge in [-0.1, -0.05) is 30.3 Å². The zero-order valence-electron chi connectivity index (χ0n) is 10.7. The summed E-state index contributed by atoms with van der Waals surface area (Å²) in [5.74, 6) is 0. The van der Waals surface area contributed by atoms with Gasteiger partial charge in [0.2, 0.25) is 0 Å². The average Bonchev–Trinajstić information content (AvgIpc) is 2.34. The minimum atomic E-state index is -0.353. The third kappa shape index (κ3) is 2.17. The number of nitrogens with zero attached hydrogens (tertiary/aromatic N) is 1. The van der Waals surface area contributed by atoms with Gasteiger partial charge in [-0.25, -0.2) is 4.79 Å². The number of carbonyl (C=O) groups excluding carboxylic acids is 1. The van der Waals surface area contributed by atoms with Gasteiger partial charge in [-0.2, -0.15) is 5.26 Å². The fourth-order valence-corrected chi connectivity index (χ4v) is 3.46. The Labute approximate surface area is 112 Å². The molecule has 2 bridgehead atoms. The standard InChI is InChI=1S/C15H16N2O2/c16-7-6-14-9-15(10-14,11-14)17-13(18)19-8-12-4-2-1-3-5-12/h1-5H,6,8-11H2,(H,17,18). The van der Waals surface area contributed by atoms with Crippen LogP contribution in [0.1, 0.15) is 31.2 Å². The summed E-state index contributed by atoms with van der Waals surface area (Å²) in [6.07, 6.45) is 3.03. The summed E-state index contributed by atoms with van der Waals surface area (Å²) in [4.78, 5) is 11.7. The lowest BCUT2D eigenvalue weighted by Gasteiger charge is -2.69. The van der Waals surface area contributed by atoms with Crippen LogP contribution < -0.4 is 5.32 Å². The Kier molecular flexibility index (Phi) is 2.70. The summed E-state index contributed by atoms with van der Waals surface area (Å²) in [6, 6.07) is 11.8. The van der Waals surface area contributed by atoms with Crippen molar-refractivity contribution < 1.29 is 9.53 Å². The minimum Gasteiger partial charge on any atom is -0.445 e. The lowest BCUT2D eigenvalue weighted by atomic mass is 9.38. The number of hydrogen-bond donors (Lipinski definition) is 1. The van der Waals surface area contributed by atoms with Crippen molar-refractivity contribution >= 4 is 6.09 Å². The third-order valence-electron chi connectivity index (χ3n) is 4.17. The zero-order valence-corrected chi connectivity index (χ0v) is 10.7. The molecule has 4 rings (SSSR count). The second kappa shape index (κ2) is 4.27. The van der Waals surface area contributed by atoms with Crippen LogP contribution in [0.4, 0.5) is 4.79 Å². The van der Waals surface area contributed by atoms with Gasteiger partial charge in [0.15, 0.2) is 0 Å². The highest BCUT2D eigenvalue weighted by molar-refractivity contribution is 5.69. The number of nitriles is 1. The minimum absolute atomic E-state index is 0.0787. The van der Waals surface area contributed by atoms with E-state index in [9.17, 15) is 4.79 Å². The maximum absolute atomic E-state index is 11.7. The van der Waals surface area contributed by atoms with Crippen LogP contribution in [-0.2, 0) is 11.3 Å². The Morgan fingerprint density at radius 2 is 2.00 bits per heavy atom. The number of nitrogens with one attached hydrogen (secondary N) is 1. The van der Waals surface area contributed by atoms with Gasteiger partial charge < -0.3 is 10.1 Å². The maximum atomic E-state index is 11.7. The van der Waals surface area contributed by atoms with Gasteiger partial charge in [0.25, 0.3) is 0 Å². The largest absolute Gasteiger partial charge is 0.445 e. The van der Waals surface area contributed by atoms with E-state index in [1.807, 2.05) is 30.3 Å². The van der Waals surface area contributed by atoms with E-state index in [1.54, 1.807) is 0 Å². The number of benzene rings is 1. The molecule has 0 spiro atoms. The number of rotatable bonds is 4. The van der Waals surface area contributed by atoms with Crippen molar-refractivity contribution in [3.05, 3.63) is 35.9 Å². The Morgan fingerprint density at radius 3 is 2.63 bits per heavy atom. The quantitative estimate of drug-likeness (QED) is 0.901. The topological polar surface area (TPSA) is 62.1 Å². The third-order valence-corrected chi connectivity index (χ3v) is 4.17. The summed E-state index contributed by atoms with van der Waals surface area (Å²) in [7, 11) is 0. The highest BCUT2D eigenvalue weighted by Gasteiger charge is 2.68. The van der Waals surface area contributed by atoms with Crippen molar-refractivity contribution in [1.82, 2.24) is 5.32 Å². The molecule has 1 amide bonds. The van der Waals surface area contributed by atoms with Crippen LogP contribution in [0.3, 0.4) is 0 Å². The first kappa shape index (κ1) is 12.0. The van der Waals surface area contributed by atoms with E-state index in [2.05, 4.69) is 11.4 Å². The fourth-order valence-electron chi connectivity index (χ4n) is 3.46. The number of ether oxygens (including phenoxy) is 1. The molecule has 3 aliphatic rings. The molecule has 0 unspecified atom stereocenters. The molecule has 0 radical (unpaired) electrons. The lowest BCUT2D eigenvalue weighted by Crippen LogP contribution is -2.74. The predicted molar refractivity (Wildman–Crippen MR) is 69.0 cm³/mol. The molecular weight excluding hydrogens is 240 g/mol. The van der Waals surface area contributed by atoms with Crippen molar-refractivity contribution in [2.75, 3.05) is 0 Å². The summed E-state index contributed by atoms with van der Waals surface area (Å²) in [5.41, 5.74) is 1.10. The zero-order chi connectivity index (χ0) is 13.3. The molecule has 3 saturated carbocycles. The smallest absolute Gasteiger partial charge is 0.407 e. The molecule has 4 nitrogen and oxygen atoms in total.